The Balaban J connectivity index is 1.50. The summed E-state index contributed by atoms with van der Waals surface area (Å²) in [6.07, 6.45) is 0. The van der Waals surface area contributed by atoms with E-state index in [1.54, 1.807) is 12.1 Å². The third kappa shape index (κ3) is 4.15. The van der Waals surface area contributed by atoms with Crippen LogP contribution in [0, 0.1) is 5.82 Å². The predicted molar refractivity (Wildman–Crippen MR) is 91.1 cm³/mol. The molecule has 1 heterocycles. The fourth-order valence-electron chi connectivity index (χ4n) is 2.82. The molecule has 0 aromatic heterocycles. The van der Waals surface area contributed by atoms with Gasteiger partial charge in [0.25, 0.3) is 0 Å². The van der Waals surface area contributed by atoms with Crippen LogP contribution in [0.15, 0.2) is 53.0 Å². The lowest BCUT2D eigenvalue weighted by Gasteiger charge is -2.34. The number of rotatable bonds is 4. The van der Waals surface area contributed by atoms with E-state index in [9.17, 15) is 4.39 Å². The molecule has 1 aliphatic rings. The highest BCUT2D eigenvalue weighted by atomic mass is 79.9. The quantitative estimate of drug-likeness (QED) is 0.813. The second kappa shape index (κ2) is 7.36. The van der Waals surface area contributed by atoms with Gasteiger partial charge in [0, 0.05) is 49.3 Å². The van der Waals surface area contributed by atoms with Crippen molar-refractivity contribution in [2.24, 2.45) is 0 Å². The van der Waals surface area contributed by atoms with E-state index in [2.05, 4.69) is 50.0 Å². The van der Waals surface area contributed by atoms with Crippen molar-refractivity contribution in [3.63, 3.8) is 0 Å². The van der Waals surface area contributed by atoms with Crippen LogP contribution < -0.4 is 0 Å². The van der Waals surface area contributed by atoms with Crippen molar-refractivity contribution < 1.29 is 4.39 Å². The van der Waals surface area contributed by atoms with E-state index < -0.39 is 0 Å². The number of halogens is 2. The van der Waals surface area contributed by atoms with Gasteiger partial charge in [-0.1, -0.05) is 46.3 Å². The first-order valence-electron chi connectivity index (χ1n) is 7.63. The number of piperazine rings is 1. The van der Waals surface area contributed by atoms with Crippen LogP contribution in [0.25, 0.3) is 0 Å². The van der Waals surface area contributed by atoms with Crippen LogP contribution >= 0.6 is 15.9 Å². The maximum atomic E-state index is 13.7. The molecule has 1 saturated heterocycles. The number of hydrogen-bond donors (Lipinski definition) is 0. The van der Waals surface area contributed by atoms with Crippen molar-refractivity contribution in [3.05, 3.63) is 69.9 Å². The van der Waals surface area contributed by atoms with Crippen molar-refractivity contribution in [1.82, 2.24) is 9.80 Å². The van der Waals surface area contributed by atoms with Gasteiger partial charge >= 0.3 is 0 Å². The van der Waals surface area contributed by atoms with Gasteiger partial charge in [0.1, 0.15) is 5.82 Å². The van der Waals surface area contributed by atoms with Crippen LogP contribution in [-0.2, 0) is 13.1 Å². The first kappa shape index (κ1) is 15.7. The topological polar surface area (TPSA) is 6.48 Å². The monoisotopic (exact) mass is 362 g/mol. The largest absolute Gasteiger partial charge is 0.297 e. The van der Waals surface area contributed by atoms with Crippen LogP contribution in [0.1, 0.15) is 11.1 Å². The SMILES string of the molecule is Fc1ccccc1CN1CCN(Cc2ccc(Br)cc2)CC1. The lowest BCUT2D eigenvalue weighted by molar-refractivity contribution is 0.121. The van der Waals surface area contributed by atoms with Crippen LogP contribution in [0.3, 0.4) is 0 Å². The zero-order chi connectivity index (χ0) is 15.4. The molecule has 22 heavy (non-hydrogen) atoms. The van der Waals surface area contributed by atoms with E-state index in [-0.39, 0.29) is 5.82 Å². The van der Waals surface area contributed by atoms with E-state index in [0.717, 1.165) is 42.8 Å². The summed E-state index contributed by atoms with van der Waals surface area (Å²) >= 11 is 3.46. The van der Waals surface area contributed by atoms with E-state index in [1.165, 1.54) is 5.56 Å². The van der Waals surface area contributed by atoms with Gasteiger partial charge in [-0.2, -0.15) is 0 Å². The lowest BCUT2D eigenvalue weighted by atomic mass is 10.1. The Morgan fingerprint density at radius 3 is 2.05 bits per heavy atom. The normalized spacial score (nSPS) is 16.8. The first-order valence-corrected chi connectivity index (χ1v) is 8.42. The summed E-state index contributed by atoms with van der Waals surface area (Å²) in [6, 6.07) is 15.6. The van der Waals surface area contributed by atoms with Crippen molar-refractivity contribution >= 4 is 15.9 Å². The van der Waals surface area contributed by atoms with Gasteiger partial charge in [0.15, 0.2) is 0 Å². The Hall–Kier alpha value is -1.23. The fraction of sp³-hybridized carbons (Fsp3) is 0.333. The number of benzene rings is 2. The molecule has 0 N–H and O–H groups in total. The molecule has 0 saturated carbocycles. The average Bonchev–Trinajstić information content (AvgIpc) is 2.54. The molecule has 0 aliphatic carbocycles. The van der Waals surface area contributed by atoms with Gasteiger partial charge in [-0.15, -0.1) is 0 Å². The van der Waals surface area contributed by atoms with E-state index >= 15 is 0 Å². The smallest absolute Gasteiger partial charge is 0.127 e. The van der Waals surface area contributed by atoms with Gasteiger partial charge in [-0.3, -0.25) is 9.80 Å². The summed E-state index contributed by atoms with van der Waals surface area (Å²) in [4.78, 5) is 4.79. The van der Waals surface area contributed by atoms with Crippen molar-refractivity contribution in [2.45, 2.75) is 13.1 Å². The van der Waals surface area contributed by atoms with Crippen LogP contribution in [-0.4, -0.2) is 36.0 Å². The van der Waals surface area contributed by atoms with Crippen molar-refractivity contribution in [1.29, 1.82) is 0 Å². The molecule has 116 valence electrons. The minimum absolute atomic E-state index is 0.0974. The minimum Gasteiger partial charge on any atom is -0.297 e. The third-order valence-corrected chi connectivity index (χ3v) is 4.66. The fourth-order valence-corrected chi connectivity index (χ4v) is 3.09. The molecule has 0 unspecified atom stereocenters. The summed E-state index contributed by atoms with van der Waals surface area (Å²) in [5, 5.41) is 0. The Kier molecular flexibility index (Phi) is 5.24. The summed E-state index contributed by atoms with van der Waals surface area (Å²) in [5.41, 5.74) is 2.13. The molecule has 2 nitrogen and oxygen atoms in total. The van der Waals surface area contributed by atoms with Crippen LogP contribution in [0.5, 0.6) is 0 Å². The molecule has 0 radical (unpaired) electrons. The molecule has 1 fully saturated rings. The maximum Gasteiger partial charge on any atom is 0.127 e. The Morgan fingerprint density at radius 2 is 1.41 bits per heavy atom. The maximum absolute atomic E-state index is 13.7. The van der Waals surface area contributed by atoms with Gasteiger partial charge in [0.05, 0.1) is 0 Å². The van der Waals surface area contributed by atoms with Crippen molar-refractivity contribution in [3.8, 4) is 0 Å². The number of nitrogens with zero attached hydrogens (tertiary/aromatic N) is 2. The Morgan fingerprint density at radius 1 is 0.818 bits per heavy atom. The Labute approximate surface area is 139 Å². The van der Waals surface area contributed by atoms with Crippen LogP contribution in [0.4, 0.5) is 4.39 Å². The first-order chi connectivity index (χ1) is 10.7. The highest BCUT2D eigenvalue weighted by Crippen LogP contribution is 2.15. The summed E-state index contributed by atoms with van der Waals surface area (Å²) in [5.74, 6) is -0.0974. The van der Waals surface area contributed by atoms with Gasteiger partial charge < -0.3 is 0 Å². The molecule has 2 aromatic carbocycles. The minimum atomic E-state index is -0.0974. The lowest BCUT2D eigenvalue weighted by Crippen LogP contribution is -2.45. The third-order valence-electron chi connectivity index (χ3n) is 4.14. The number of hydrogen-bond acceptors (Lipinski definition) is 2. The average molecular weight is 363 g/mol. The molecule has 0 spiro atoms. The van der Waals surface area contributed by atoms with E-state index in [1.807, 2.05) is 12.1 Å². The predicted octanol–water partition coefficient (Wildman–Crippen LogP) is 3.91. The van der Waals surface area contributed by atoms with Gasteiger partial charge in [0.2, 0.25) is 0 Å². The second-order valence-electron chi connectivity index (χ2n) is 5.77. The second-order valence-corrected chi connectivity index (χ2v) is 6.69. The molecule has 0 bridgehead atoms. The van der Waals surface area contributed by atoms with Crippen LogP contribution in [0.2, 0.25) is 0 Å². The van der Waals surface area contributed by atoms with Gasteiger partial charge in [-0.05, 0) is 23.8 Å². The Bertz CT molecular complexity index is 607. The molecule has 4 heteroatoms. The standard InChI is InChI=1S/C18H20BrFN2/c19-17-7-5-15(6-8-17)13-21-9-11-22(12-10-21)14-16-3-1-2-4-18(16)20/h1-8H,9-14H2. The van der Waals surface area contributed by atoms with Crippen molar-refractivity contribution in [2.75, 3.05) is 26.2 Å². The molecule has 3 rings (SSSR count). The summed E-state index contributed by atoms with van der Waals surface area (Å²) in [6.45, 7) is 5.74. The van der Waals surface area contributed by atoms with E-state index in [4.69, 9.17) is 0 Å². The zero-order valence-corrected chi connectivity index (χ0v) is 14.1. The highest BCUT2D eigenvalue weighted by molar-refractivity contribution is 9.10. The highest BCUT2D eigenvalue weighted by Gasteiger charge is 2.17. The summed E-state index contributed by atoms with van der Waals surface area (Å²) < 4.78 is 14.8. The van der Waals surface area contributed by atoms with Gasteiger partial charge in [-0.25, -0.2) is 4.39 Å². The van der Waals surface area contributed by atoms with E-state index in [0.29, 0.717) is 6.54 Å². The molecule has 1 aliphatic heterocycles. The molecule has 2 aromatic rings. The molecular weight excluding hydrogens is 343 g/mol. The molecular formula is C18H20BrFN2. The molecule has 0 amide bonds. The molecule has 0 atom stereocenters. The summed E-state index contributed by atoms with van der Waals surface area (Å²) in [7, 11) is 0. The zero-order valence-electron chi connectivity index (χ0n) is 12.5.